The summed E-state index contributed by atoms with van der Waals surface area (Å²) < 4.78 is 10.6. The first kappa shape index (κ1) is 15.2. The lowest BCUT2D eigenvalue weighted by atomic mass is 10.1. The Morgan fingerprint density at radius 3 is 2.74 bits per heavy atom. The minimum atomic E-state index is -0.360. The zero-order chi connectivity index (χ0) is 16.4. The number of ether oxygens (including phenoxy) is 2. The van der Waals surface area contributed by atoms with Crippen LogP contribution in [-0.4, -0.2) is 18.7 Å². The predicted octanol–water partition coefficient (Wildman–Crippen LogP) is 3.47. The summed E-state index contributed by atoms with van der Waals surface area (Å²) >= 11 is 0. The highest BCUT2D eigenvalue weighted by Gasteiger charge is 2.17. The molecule has 0 fully saturated rings. The van der Waals surface area contributed by atoms with Crippen LogP contribution in [0.4, 0.5) is 11.4 Å². The van der Waals surface area contributed by atoms with Gasteiger partial charge < -0.3 is 20.1 Å². The van der Waals surface area contributed by atoms with Gasteiger partial charge in [-0.05, 0) is 50.1 Å². The fraction of sp³-hybridized carbons (Fsp3) is 0.278. The smallest absolute Gasteiger partial charge is 0.246 e. The number of aryl methyl sites for hydroxylation is 1. The maximum Gasteiger partial charge on any atom is 0.246 e. The van der Waals surface area contributed by atoms with Crippen LogP contribution >= 0.6 is 0 Å². The first-order chi connectivity index (χ1) is 11.0. The molecule has 0 saturated carbocycles. The summed E-state index contributed by atoms with van der Waals surface area (Å²) in [4.78, 5) is 12.4. The number of hydrogen-bond acceptors (Lipinski definition) is 4. The minimum absolute atomic E-state index is 0.107. The first-order valence-corrected chi connectivity index (χ1v) is 7.58. The minimum Gasteiger partial charge on any atom is -0.454 e. The van der Waals surface area contributed by atoms with Crippen molar-refractivity contribution in [2.75, 3.05) is 17.4 Å². The number of fused-ring (bicyclic) bond motifs is 1. The fourth-order valence-corrected chi connectivity index (χ4v) is 2.43. The molecule has 0 aliphatic carbocycles. The first-order valence-electron chi connectivity index (χ1n) is 7.58. The van der Waals surface area contributed by atoms with Gasteiger partial charge in [-0.1, -0.05) is 12.1 Å². The molecule has 1 aliphatic heterocycles. The SMILES string of the molecule is Cc1cccc(NC(C)C(=O)Nc2ccc3c(c2)OCO3)c1C. The molecular weight excluding hydrogens is 292 g/mol. The quantitative estimate of drug-likeness (QED) is 0.907. The average molecular weight is 312 g/mol. The summed E-state index contributed by atoms with van der Waals surface area (Å²) in [5.41, 5.74) is 4.00. The lowest BCUT2D eigenvalue weighted by molar-refractivity contribution is -0.116. The second-order valence-corrected chi connectivity index (χ2v) is 5.67. The van der Waals surface area contributed by atoms with Crippen LogP contribution in [-0.2, 0) is 4.79 Å². The van der Waals surface area contributed by atoms with Gasteiger partial charge in [0.15, 0.2) is 11.5 Å². The van der Waals surface area contributed by atoms with Crippen molar-refractivity contribution in [3.05, 3.63) is 47.5 Å². The van der Waals surface area contributed by atoms with E-state index < -0.39 is 0 Å². The molecule has 1 atom stereocenters. The molecule has 1 heterocycles. The van der Waals surface area contributed by atoms with Gasteiger partial charge in [-0.25, -0.2) is 0 Å². The zero-order valence-electron chi connectivity index (χ0n) is 13.5. The second-order valence-electron chi connectivity index (χ2n) is 5.67. The Hall–Kier alpha value is -2.69. The van der Waals surface area contributed by atoms with E-state index in [1.165, 1.54) is 5.56 Å². The van der Waals surface area contributed by atoms with Gasteiger partial charge in [-0.2, -0.15) is 0 Å². The van der Waals surface area contributed by atoms with E-state index in [9.17, 15) is 4.79 Å². The average Bonchev–Trinajstić information content (AvgIpc) is 2.99. The van der Waals surface area contributed by atoms with Gasteiger partial charge in [0.2, 0.25) is 12.7 Å². The highest BCUT2D eigenvalue weighted by atomic mass is 16.7. The van der Waals surface area contributed by atoms with Crippen LogP contribution in [0.1, 0.15) is 18.1 Å². The summed E-state index contributed by atoms with van der Waals surface area (Å²) in [6.45, 7) is 6.15. The number of benzene rings is 2. The van der Waals surface area contributed by atoms with Crippen LogP contribution in [0.15, 0.2) is 36.4 Å². The van der Waals surface area contributed by atoms with Crippen molar-refractivity contribution in [2.45, 2.75) is 26.8 Å². The van der Waals surface area contributed by atoms with E-state index in [1.54, 1.807) is 18.2 Å². The molecule has 0 bridgehead atoms. The molecule has 2 aromatic carbocycles. The summed E-state index contributed by atoms with van der Waals surface area (Å²) in [7, 11) is 0. The molecule has 1 unspecified atom stereocenters. The Bertz CT molecular complexity index is 743. The Morgan fingerprint density at radius 1 is 1.13 bits per heavy atom. The number of carbonyl (C=O) groups excluding carboxylic acids is 1. The maximum atomic E-state index is 12.4. The number of rotatable bonds is 4. The molecule has 2 aromatic rings. The number of hydrogen-bond donors (Lipinski definition) is 2. The van der Waals surface area contributed by atoms with E-state index >= 15 is 0 Å². The van der Waals surface area contributed by atoms with E-state index in [0.717, 1.165) is 11.3 Å². The Morgan fingerprint density at radius 2 is 1.91 bits per heavy atom. The zero-order valence-corrected chi connectivity index (χ0v) is 13.5. The molecule has 5 heteroatoms. The van der Waals surface area contributed by atoms with Gasteiger partial charge in [0.1, 0.15) is 6.04 Å². The number of amides is 1. The lowest BCUT2D eigenvalue weighted by Gasteiger charge is -2.18. The largest absolute Gasteiger partial charge is 0.454 e. The molecule has 120 valence electrons. The summed E-state index contributed by atoms with van der Waals surface area (Å²) in [5.74, 6) is 1.24. The molecule has 0 radical (unpaired) electrons. The molecule has 1 amide bonds. The third kappa shape index (κ3) is 3.23. The third-order valence-electron chi connectivity index (χ3n) is 4.01. The monoisotopic (exact) mass is 312 g/mol. The van der Waals surface area contributed by atoms with Gasteiger partial charge >= 0.3 is 0 Å². The van der Waals surface area contributed by atoms with E-state index in [0.29, 0.717) is 17.2 Å². The molecule has 0 spiro atoms. The van der Waals surface area contributed by atoms with Crippen LogP contribution < -0.4 is 20.1 Å². The van der Waals surface area contributed by atoms with Crippen LogP contribution in [0, 0.1) is 13.8 Å². The number of nitrogens with one attached hydrogen (secondary N) is 2. The molecule has 1 aliphatic rings. The highest BCUT2D eigenvalue weighted by Crippen LogP contribution is 2.34. The van der Waals surface area contributed by atoms with Crippen LogP contribution in [0.3, 0.4) is 0 Å². The second kappa shape index (κ2) is 6.20. The van der Waals surface area contributed by atoms with Crippen molar-refractivity contribution >= 4 is 17.3 Å². The van der Waals surface area contributed by atoms with Crippen LogP contribution in [0.25, 0.3) is 0 Å². The lowest BCUT2D eigenvalue weighted by Crippen LogP contribution is -2.32. The van der Waals surface area contributed by atoms with Crippen molar-refractivity contribution in [3.8, 4) is 11.5 Å². The van der Waals surface area contributed by atoms with E-state index in [4.69, 9.17) is 9.47 Å². The van der Waals surface area contributed by atoms with E-state index in [1.807, 2.05) is 26.0 Å². The Labute approximate surface area is 135 Å². The van der Waals surface area contributed by atoms with Crippen LogP contribution in [0.5, 0.6) is 11.5 Å². The van der Waals surface area contributed by atoms with Gasteiger partial charge in [-0.3, -0.25) is 4.79 Å². The van der Waals surface area contributed by atoms with Crippen molar-refractivity contribution in [2.24, 2.45) is 0 Å². The summed E-state index contributed by atoms with van der Waals surface area (Å²) in [5, 5.41) is 6.14. The molecule has 5 nitrogen and oxygen atoms in total. The van der Waals surface area contributed by atoms with Gasteiger partial charge in [0.05, 0.1) is 0 Å². The van der Waals surface area contributed by atoms with Gasteiger partial charge in [0, 0.05) is 17.4 Å². The molecule has 0 saturated heterocycles. The van der Waals surface area contributed by atoms with Gasteiger partial charge in [-0.15, -0.1) is 0 Å². The summed E-state index contributed by atoms with van der Waals surface area (Å²) in [6, 6.07) is 11.0. The van der Waals surface area contributed by atoms with E-state index in [-0.39, 0.29) is 18.7 Å². The normalized spacial score (nSPS) is 13.5. The number of anilines is 2. The molecule has 0 aromatic heterocycles. The van der Waals surface area contributed by atoms with Crippen molar-refractivity contribution in [3.63, 3.8) is 0 Å². The standard InChI is InChI=1S/C18H20N2O3/c1-11-5-4-6-15(12(11)2)19-13(3)18(21)20-14-7-8-16-17(9-14)23-10-22-16/h4-9,13,19H,10H2,1-3H3,(H,20,21). The Balaban J connectivity index is 1.67. The summed E-state index contributed by atoms with van der Waals surface area (Å²) in [6.07, 6.45) is 0. The van der Waals surface area contributed by atoms with Crippen molar-refractivity contribution in [1.29, 1.82) is 0 Å². The molecule has 23 heavy (non-hydrogen) atoms. The topological polar surface area (TPSA) is 59.6 Å². The van der Waals surface area contributed by atoms with Gasteiger partial charge in [0.25, 0.3) is 0 Å². The van der Waals surface area contributed by atoms with Crippen LogP contribution in [0.2, 0.25) is 0 Å². The van der Waals surface area contributed by atoms with E-state index in [2.05, 4.69) is 23.6 Å². The van der Waals surface area contributed by atoms with Crippen molar-refractivity contribution < 1.29 is 14.3 Å². The third-order valence-corrected chi connectivity index (χ3v) is 4.01. The van der Waals surface area contributed by atoms with Crippen molar-refractivity contribution in [1.82, 2.24) is 0 Å². The number of carbonyl (C=O) groups is 1. The fourth-order valence-electron chi connectivity index (χ4n) is 2.43. The predicted molar refractivity (Wildman–Crippen MR) is 90.2 cm³/mol. The molecular formula is C18H20N2O3. The maximum absolute atomic E-state index is 12.4. The molecule has 2 N–H and O–H groups in total. The molecule has 3 rings (SSSR count). The highest BCUT2D eigenvalue weighted by molar-refractivity contribution is 5.96. The Kier molecular flexibility index (Phi) is 4.10.